The highest BCUT2D eigenvalue weighted by Crippen LogP contribution is 2.25. The third-order valence-electron chi connectivity index (χ3n) is 3.60. The van der Waals surface area contributed by atoms with Gasteiger partial charge in [0.25, 0.3) is 5.91 Å². The van der Waals surface area contributed by atoms with Gasteiger partial charge < -0.3 is 4.90 Å². The van der Waals surface area contributed by atoms with Crippen LogP contribution in [-0.4, -0.2) is 43.9 Å². The molecule has 0 bridgehead atoms. The number of likely N-dealkylation sites (tertiary alicyclic amines) is 1. The van der Waals surface area contributed by atoms with Crippen LogP contribution in [0.3, 0.4) is 0 Å². The number of aryl methyl sites for hydroxylation is 1. The molecule has 19 heavy (non-hydrogen) atoms. The van der Waals surface area contributed by atoms with Crippen LogP contribution in [0, 0.1) is 0 Å². The Morgan fingerprint density at radius 1 is 1.47 bits per heavy atom. The van der Waals surface area contributed by atoms with Gasteiger partial charge >= 0.3 is 0 Å². The normalized spacial score (nSPS) is 19.6. The lowest BCUT2D eigenvalue weighted by Gasteiger charge is -2.31. The number of amides is 1. The van der Waals surface area contributed by atoms with Gasteiger partial charge in [-0.25, -0.2) is 0 Å². The standard InChI is InChI=1S/C13H17N5O/c1-17-8-5-12(16-17)13(19)18-7-2-3-10(9-18)11-4-6-14-15-11/h4-6,8,10H,2-3,7,9H2,1H3,(H,14,15)/t10-/m0/s1. The van der Waals surface area contributed by atoms with Crippen molar-refractivity contribution in [3.8, 4) is 0 Å². The van der Waals surface area contributed by atoms with Crippen molar-refractivity contribution in [2.45, 2.75) is 18.8 Å². The van der Waals surface area contributed by atoms with E-state index in [4.69, 9.17) is 0 Å². The number of carbonyl (C=O) groups excluding carboxylic acids is 1. The maximum Gasteiger partial charge on any atom is 0.274 e. The molecule has 0 aliphatic carbocycles. The average Bonchev–Trinajstić information content (AvgIpc) is 3.09. The smallest absolute Gasteiger partial charge is 0.274 e. The van der Waals surface area contributed by atoms with Crippen LogP contribution in [0.25, 0.3) is 0 Å². The van der Waals surface area contributed by atoms with Crippen LogP contribution < -0.4 is 0 Å². The summed E-state index contributed by atoms with van der Waals surface area (Å²) in [5.41, 5.74) is 1.63. The Morgan fingerprint density at radius 2 is 2.37 bits per heavy atom. The molecule has 0 spiro atoms. The predicted octanol–water partition coefficient (Wildman–Crippen LogP) is 1.16. The molecule has 0 saturated carbocycles. The predicted molar refractivity (Wildman–Crippen MR) is 69.7 cm³/mol. The van der Waals surface area contributed by atoms with Gasteiger partial charge in [0.15, 0.2) is 0 Å². The van der Waals surface area contributed by atoms with Crippen molar-refractivity contribution in [2.24, 2.45) is 7.05 Å². The van der Waals surface area contributed by atoms with Crippen LogP contribution in [0.5, 0.6) is 0 Å². The number of carbonyl (C=O) groups is 1. The molecular weight excluding hydrogens is 242 g/mol. The SMILES string of the molecule is Cn1ccc(C(=O)N2CCC[C@H](c3ccn[nH]3)C2)n1. The van der Waals surface area contributed by atoms with Gasteiger partial charge in [0.05, 0.1) is 0 Å². The summed E-state index contributed by atoms with van der Waals surface area (Å²) in [7, 11) is 1.82. The fourth-order valence-corrected chi connectivity index (χ4v) is 2.60. The largest absolute Gasteiger partial charge is 0.337 e. The first-order valence-electron chi connectivity index (χ1n) is 6.52. The van der Waals surface area contributed by atoms with Crippen LogP contribution in [0.15, 0.2) is 24.5 Å². The Balaban J connectivity index is 1.73. The summed E-state index contributed by atoms with van der Waals surface area (Å²) in [5.74, 6) is 0.369. The fraction of sp³-hybridized carbons (Fsp3) is 0.462. The number of hydrogen-bond acceptors (Lipinski definition) is 3. The topological polar surface area (TPSA) is 66.8 Å². The second kappa shape index (κ2) is 4.87. The zero-order valence-electron chi connectivity index (χ0n) is 10.9. The lowest BCUT2D eigenvalue weighted by atomic mass is 9.95. The monoisotopic (exact) mass is 259 g/mol. The van der Waals surface area contributed by atoms with Gasteiger partial charge in [-0.2, -0.15) is 10.2 Å². The van der Waals surface area contributed by atoms with Crippen LogP contribution in [-0.2, 0) is 7.05 Å². The second-order valence-corrected chi connectivity index (χ2v) is 4.98. The molecule has 1 N–H and O–H groups in total. The Kier molecular flexibility index (Phi) is 3.06. The Morgan fingerprint density at radius 3 is 3.05 bits per heavy atom. The highest BCUT2D eigenvalue weighted by atomic mass is 16.2. The minimum atomic E-state index is 0.0183. The molecule has 0 radical (unpaired) electrons. The van der Waals surface area contributed by atoms with Crippen molar-refractivity contribution in [3.05, 3.63) is 35.9 Å². The van der Waals surface area contributed by atoms with Gasteiger partial charge in [-0.15, -0.1) is 0 Å². The summed E-state index contributed by atoms with van der Waals surface area (Å²) < 4.78 is 1.66. The Labute approximate surface area is 111 Å². The summed E-state index contributed by atoms with van der Waals surface area (Å²) in [4.78, 5) is 14.2. The molecule has 1 fully saturated rings. The lowest BCUT2D eigenvalue weighted by Crippen LogP contribution is -2.39. The van der Waals surface area contributed by atoms with E-state index in [-0.39, 0.29) is 5.91 Å². The van der Waals surface area contributed by atoms with Crippen molar-refractivity contribution in [1.82, 2.24) is 24.9 Å². The van der Waals surface area contributed by atoms with E-state index in [9.17, 15) is 4.79 Å². The molecule has 2 aromatic heterocycles. The van der Waals surface area contributed by atoms with Crippen LogP contribution in [0.1, 0.15) is 34.9 Å². The zero-order valence-corrected chi connectivity index (χ0v) is 10.9. The quantitative estimate of drug-likeness (QED) is 0.880. The molecule has 6 heteroatoms. The highest BCUT2D eigenvalue weighted by Gasteiger charge is 2.27. The molecular formula is C13H17N5O. The third kappa shape index (κ3) is 2.38. The van der Waals surface area contributed by atoms with E-state index in [1.807, 2.05) is 18.0 Å². The van der Waals surface area contributed by atoms with E-state index in [1.54, 1.807) is 23.1 Å². The van der Waals surface area contributed by atoms with Gasteiger partial charge in [0.2, 0.25) is 0 Å². The van der Waals surface area contributed by atoms with E-state index in [0.717, 1.165) is 31.6 Å². The summed E-state index contributed by atoms with van der Waals surface area (Å²) in [6.07, 6.45) is 5.66. The molecule has 3 rings (SSSR count). The van der Waals surface area contributed by atoms with Gasteiger partial charge in [-0.05, 0) is 25.0 Å². The Bertz CT molecular complexity index is 559. The number of H-pyrrole nitrogens is 1. The summed E-state index contributed by atoms with van der Waals surface area (Å²) in [6, 6.07) is 3.75. The summed E-state index contributed by atoms with van der Waals surface area (Å²) in [6.45, 7) is 1.54. The maximum absolute atomic E-state index is 12.4. The first-order valence-corrected chi connectivity index (χ1v) is 6.52. The van der Waals surface area contributed by atoms with Crippen LogP contribution >= 0.6 is 0 Å². The average molecular weight is 259 g/mol. The van der Waals surface area contributed by atoms with Gasteiger partial charge in [0, 0.05) is 44.1 Å². The molecule has 100 valence electrons. The fourth-order valence-electron chi connectivity index (χ4n) is 2.60. The lowest BCUT2D eigenvalue weighted by molar-refractivity contribution is 0.0699. The molecule has 1 atom stereocenters. The van der Waals surface area contributed by atoms with Crippen molar-refractivity contribution in [1.29, 1.82) is 0 Å². The molecule has 0 unspecified atom stereocenters. The molecule has 1 aliphatic rings. The summed E-state index contributed by atoms with van der Waals surface area (Å²) in [5, 5.41) is 11.2. The van der Waals surface area contributed by atoms with Crippen molar-refractivity contribution >= 4 is 5.91 Å². The van der Waals surface area contributed by atoms with Crippen molar-refractivity contribution in [2.75, 3.05) is 13.1 Å². The second-order valence-electron chi connectivity index (χ2n) is 4.98. The molecule has 2 aromatic rings. The summed E-state index contributed by atoms with van der Waals surface area (Å²) >= 11 is 0. The van der Waals surface area contributed by atoms with E-state index in [2.05, 4.69) is 15.3 Å². The number of nitrogens with one attached hydrogen (secondary N) is 1. The third-order valence-corrected chi connectivity index (χ3v) is 3.60. The van der Waals surface area contributed by atoms with E-state index >= 15 is 0 Å². The van der Waals surface area contributed by atoms with Gasteiger partial charge in [-0.1, -0.05) is 0 Å². The number of rotatable bonds is 2. The number of piperidine rings is 1. The molecule has 0 aromatic carbocycles. The number of aromatic amines is 1. The maximum atomic E-state index is 12.4. The zero-order chi connectivity index (χ0) is 13.2. The highest BCUT2D eigenvalue weighted by molar-refractivity contribution is 5.92. The molecule has 1 aliphatic heterocycles. The van der Waals surface area contributed by atoms with Crippen molar-refractivity contribution < 1.29 is 4.79 Å². The molecule has 6 nitrogen and oxygen atoms in total. The molecule has 1 saturated heterocycles. The molecule has 1 amide bonds. The first kappa shape index (κ1) is 12.0. The van der Waals surface area contributed by atoms with Crippen LogP contribution in [0.2, 0.25) is 0 Å². The van der Waals surface area contributed by atoms with E-state index < -0.39 is 0 Å². The minimum Gasteiger partial charge on any atom is -0.337 e. The molecule has 3 heterocycles. The van der Waals surface area contributed by atoms with Gasteiger partial charge in [0.1, 0.15) is 5.69 Å². The van der Waals surface area contributed by atoms with E-state index in [0.29, 0.717) is 11.6 Å². The number of nitrogens with zero attached hydrogens (tertiary/aromatic N) is 4. The Hall–Kier alpha value is -2.11. The minimum absolute atomic E-state index is 0.0183. The number of hydrogen-bond donors (Lipinski definition) is 1. The first-order chi connectivity index (χ1) is 9.24. The van der Waals surface area contributed by atoms with Crippen LogP contribution in [0.4, 0.5) is 0 Å². The van der Waals surface area contributed by atoms with Gasteiger partial charge in [-0.3, -0.25) is 14.6 Å². The van der Waals surface area contributed by atoms with E-state index in [1.165, 1.54) is 0 Å². The van der Waals surface area contributed by atoms with Crippen molar-refractivity contribution in [3.63, 3.8) is 0 Å². The number of aromatic nitrogens is 4.